The maximum atomic E-state index is 12.1. The van der Waals surface area contributed by atoms with E-state index < -0.39 is 6.43 Å². The summed E-state index contributed by atoms with van der Waals surface area (Å²) in [6.45, 7) is 0. The maximum absolute atomic E-state index is 12.1. The van der Waals surface area contributed by atoms with E-state index in [9.17, 15) is 8.78 Å². The van der Waals surface area contributed by atoms with Crippen LogP contribution in [0.25, 0.3) is 0 Å². The van der Waals surface area contributed by atoms with Gasteiger partial charge in [0.1, 0.15) is 10.8 Å². The van der Waals surface area contributed by atoms with Crippen molar-refractivity contribution >= 4 is 34.2 Å². The Kier molecular flexibility index (Phi) is 3.00. The zero-order chi connectivity index (χ0) is 8.43. The predicted octanol–water partition coefficient (Wildman–Crippen LogP) is 3.28. The standard InChI is InChI=1S/C6H3ClF2IN/c7-4-2-1-3(10)5(11-4)6(8)9/h1-2,6H. The zero-order valence-electron chi connectivity index (χ0n) is 5.19. The van der Waals surface area contributed by atoms with E-state index in [1.54, 1.807) is 22.6 Å². The lowest BCUT2D eigenvalue weighted by atomic mass is 10.4. The van der Waals surface area contributed by atoms with Gasteiger partial charge in [0.25, 0.3) is 6.43 Å². The van der Waals surface area contributed by atoms with Crippen molar-refractivity contribution in [3.8, 4) is 0 Å². The SMILES string of the molecule is FC(F)c1nc(Cl)ccc1I. The minimum Gasteiger partial charge on any atom is -0.234 e. The van der Waals surface area contributed by atoms with Gasteiger partial charge >= 0.3 is 0 Å². The first-order valence-corrected chi connectivity index (χ1v) is 4.17. The van der Waals surface area contributed by atoms with E-state index in [-0.39, 0.29) is 10.8 Å². The van der Waals surface area contributed by atoms with Gasteiger partial charge in [-0.3, -0.25) is 0 Å². The molecule has 0 atom stereocenters. The van der Waals surface area contributed by atoms with Crippen LogP contribution in [-0.4, -0.2) is 4.98 Å². The Hall–Kier alpha value is 0.0300. The molecule has 1 rings (SSSR count). The lowest BCUT2D eigenvalue weighted by Gasteiger charge is -2.00. The third kappa shape index (κ3) is 2.23. The molecule has 0 aliphatic carbocycles. The third-order valence-electron chi connectivity index (χ3n) is 1.05. The fraction of sp³-hybridized carbons (Fsp3) is 0.167. The van der Waals surface area contributed by atoms with E-state index in [2.05, 4.69) is 4.98 Å². The van der Waals surface area contributed by atoms with Crippen molar-refractivity contribution in [1.29, 1.82) is 0 Å². The van der Waals surface area contributed by atoms with Crippen LogP contribution < -0.4 is 0 Å². The minimum absolute atomic E-state index is 0.0979. The van der Waals surface area contributed by atoms with Crippen molar-refractivity contribution in [2.45, 2.75) is 6.43 Å². The summed E-state index contributed by atoms with van der Waals surface area (Å²) in [6.07, 6.45) is -2.56. The molecule has 0 N–H and O–H groups in total. The quantitative estimate of drug-likeness (QED) is 0.571. The van der Waals surface area contributed by atoms with Crippen LogP contribution in [0.3, 0.4) is 0 Å². The highest BCUT2D eigenvalue weighted by Crippen LogP contribution is 2.23. The van der Waals surface area contributed by atoms with Gasteiger partial charge in [-0.1, -0.05) is 11.6 Å². The van der Waals surface area contributed by atoms with Gasteiger partial charge in [-0.15, -0.1) is 0 Å². The first-order chi connectivity index (χ1) is 5.11. The van der Waals surface area contributed by atoms with Crippen LogP contribution in [0.4, 0.5) is 8.78 Å². The molecule has 1 heterocycles. The van der Waals surface area contributed by atoms with Crippen LogP contribution in [0.15, 0.2) is 12.1 Å². The molecule has 0 saturated carbocycles. The molecule has 1 aromatic heterocycles. The number of nitrogens with zero attached hydrogens (tertiary/aromatic N) is 1. The second kappa shape index (κ2) is 3.62. The summed E-state index contributed by atoms with van der Waals surface area (Å²) in [4.78, 5) is 3.48. The minimum atomic E-state index is -2.56. The molecule has 0 spiro atoms. The summed E-state index contributed by atoms with van der Waals surface area (Å²) < 4.78 is 24.6. The number of hydrogen-bond acceptors (Lipinski definition) is 1. The van der Waals surface area contributed by atoms with E-state index in [4.69, 9.17) is 11.6 Å². The molecule has 1 nitrogen and oxygen atoms in total. The van der Waals surface area contributed by atoms with Crippen molar-refractivity contribution in [3.05, 3.63) is 26.5 Å². The molecule has 60 valence electrons. The Labute approximate surface area is 80.9 Å². The topological polar surface area (TPSA) is 12.9 Å². The van der Waals surface area contributed by atoms with E-state index in [1.165, 1.54) is 12.1 Å². The molecule has 0 saturated heterocycles. The lowest BCUT2D eigenvalue weighted by Crippen LogP contribution is -1.93. The molecular weight excluding hydrogens is 286 g/mol. The van der Waals surface area contributed by atoms with Crippen LogP contribution in [0.5, 0.6) is 0 Å². The van der Waals surface area contributed by atoms with Gasteiger partial charge in [-0.05, 0) is 34.7 Å². The molecule has 1 aromatic rings. The highest BCUT2D eigenvalue weighted by Gasteiger charge is 2.12. The van der Waals surface area contributed by atoms with Gasteiger partial charge < -0.3 is 0 Å². The van der Waals surface area contributed by atoms with Gasteiger partial charge in [0.2, 0.25) is 0 Å². The normalized spacial score (nSPS) is 10.6. The van der Waals surface area contributed by atoms with Gasteiger partial charge in [0.15, 0.2) is 0 Å². The molecular formula is C6H3ClF2IN. The molecule has 0 unspecified atom stereocenters. The van der Waals surface area contributed by atoms with Crippen LogP contribution in [0, 0.1) is 3.57 Å². The Bertz CT molecular complexity index is 267. The van der Waals surface area contributed by atoms with Gasteiger partial charge in [0.05, 0.1) is 0 Å². The molecule has 11 heavy (non-hydrogen) atoms. The molecule has 0 aromatic carbocycles. The Morgan fingerprint density at radius 2 is 2.09 bits per heavy atom. The van der Waals surface area contributed by atoms with Gasteiger partial charge in [0, 0.05) is 3.57 Å². The van der Waals surface area contributed by atoms with Crippen molar-refractivity contribution in [2.24, 2.45) is 0 Å². The van der Waals surface area contributed by atoms with Crippen molar-refractivity contribution in [2.75, 3.05) is 0 Å². The van der Waals surface area contributed by atoms with Crippen molar-refractivity contribution in [3.63, 3.8) is 0 Å². The fourth-order valence-corrected chi connectivity index (χ4v) is 1.28. The van der Waals surface area contributed by atoms with Gasteiger partial charge in [-0.25, -0.2) is 13.8 Å². The van der Waals surface area contributed by atoms with E-state index in [0.717, 1.165) is 0 Å². The average molecular weight is 289 g/mol. The Morgan fingerprint density at radius 3 is 2.55 bits per heavy atom. The second-order valence-corrected chi connectivity index (χ2v) is 3.35. The maximum Gasteiger partial charge on any atom is 0.281 e. The molecule has 5 heteroatoms. The smallest absolute Gasteiger partial charge is 0.234 e. The summed E-state index contributed by atoms with van der Waals surface area (Å²) in [5.74, 6) is 0. The fourth-order valence-electron chi connectivity index (χ4n) is 0.586. The number of pyridine rings is 1. The molecule has 0 radical (unpaired) electrons. The van der Waals surface area contributed by atoms with Crippen LogP contribution in [0.1, 0.15) is 12.1 Å². The summed E-state index contributed by atoms with van der Waals surface area (Å²) in [5.41, 5.74) is -0.252. The van der Waals surface area contributed by atoms with E-state index in [1.807, 2.05) is 0 Å². The summed E-state index contributed by atoms with van der Waals surface area (Å²) in [7, 11) is 0. The third-order valence-corrected chi connectivity index (χ3v) is 2.17. The number of rotatable bonds is 1. The molecule has 0 amide bonds. The number of aromatic nitrogens is 1. The number of alkyl halides is 2. The van der Waals surface area contributed by atoms with E-state index >= 15 is 0 Å². The highest BCUT2D eigenvalue weighted by atomic mass is 127. The highest BCUT2D eigenvalue weighted by molar-refractivity contribution is 14.1. The molecule has 0 bridgehead atoms. The number of halogens is 4. The average Bonchev–Trinajstić information content (AvgIpc) is 1.94. The second-order valence-electron chi connectivity index (χ2n) is 1.80. The van der Waals surface area contributed by atoms with Crippen molar-refractivity contribution in [1.82, 2.24) is 4.98 Å². The van der Waals surface area contributed by atoms with Crippen molar-refractivity contribution < 1.29 is 8.78 Å². The van der Waals surface area contributed by atoms with E-state index in [0.29, 0.717) is 3.57 Å². The zero-order valence-corrected chi connectivity index (χ0v) is 8.10. The summed E-state index contributed by atoms with van der Waals surface area (Å²) >= 11 is 7.20. The number of hydrogen-bond donors (Lipinski definition) is 0. The first kappa shape index (κ1) is 9.12. The first-order valence-electron chi connectivity index (χ1n) is 2.71. The Morgan fingerprint density at radius 1 is 1.45 bits per heavy atom. The summed E-state index contributed by atoms with van der Waals surface area (Å²) in [5, 5.41) is 0.0979. The van der Waals surface area contributed by atoms with Crippen LogP contribution >= 0.6 is 34.2 Å². The van der Waals surface area contributed by atoms with Gasteiger partial charge in [-0.2, -0.15) is 0 Å². The monoisotopic (exact) mass is 289 g/mol. The predicted molar refractivity (Wildman–Crippen MR) is 46.9 cm³/mol. The molecule has 0 aliphatic heterocycles. The summed E-state index contributed by atoms with van der Waals surface area (Å²) in [6, 6.07) is 2.99. The Balaban J connectivity index is 3.13. The molecule has 0 aliphatic rings. The van der Waals surface area contributed by atoms with Crippen LogP contribution in [-0.2, 0) is 0 Å². The molecule has 0 fully saturated rings. The van der Waals surface area contributed by atoms with Crippen LogP contribution in [0.2, 0.25) is 5.15 Å². The largest absolute Gasteiger partial charge is 0.281 e. The lowest BCUT2D eigenvalue weighted by molar-refractivity contribution is 0.145.